The predicted octanol–water partition coefficient (Wildman–Crippen LogP) is 3.38. The standard InChI is InChI=1S/C14H18O2/c1-4-7-12-8-9-13(15-6-3)11-14(12)16-10-5-2/h4-5,8-9,11H,1-2,6-7,10H2,3H3. The van der Waals surface area contributed by atoms with Crippen molar-refractivity contribution in [3.63, 3.8) is 0 Å². The van der Waals surface area contributed by atoms with Crippen LogP contribution in [0.3, 0.4) is 0 Å². The molecule has 0 heterocycles. The summed E-state index contributed by atoms with van der Waals surface area (Å²) in [7, 11) is 0. The Balaban J connectivity index is 2.90. The van der Waals surface area contributed by atoms with Crippen LogP contribution in [0.15, 0.2) is 43.5 Å². The zero-order valence-corrected chi connectivity index (χ0v) is 9.74. The summed E-state index contributed by atoms with van der Waals surface area (Å²) in [4.78, 5) is 0. The van der Waals surface area contributed by atoms with Crippen LogP contribution in [0.5, 0.6) is 11.5 Å². The van der Waals surface area contributed by atoms with Crippen molar-refractivity contribution < 1.29 is 9.47 Å². The minimum atomic E-state index is 0.500. The second-order valence-corrected chi connectivity index (χ2v) is 3.30. The summed E-state index contributed by atoms with van der Waals surface area (Å²) < 4.78 is 11.0. The molecule has 0 saturated heterocycles. The predicted molar refractivity (Wildman–Crippen MR) is 67.2 cm³/mol. The van der Waals surface area contributed by atoms with E-state index in [1.807, 2.05) is 31.2 Å². The average Bonchev–Trinajstić information content (AvgIpc) is 2.30. The molecule has 0 amide bonds. The van der Waals surface area contributed by atoms with Gasteiger partial charge in [0.15, 0.2) is 0 Å². The van der Waals surface area contributed by atoms with Crippen molar-refractivity contribution in [2.75, 3.05) is 13.2 Å². The molecule has 0 saturated carbocycles. The molecule has 0 bridgehead atoms. The summed E-state index contributed by atoms with van der Waals surface area (Å²) in [6, 6.07) is 5.86. The van der Waals surface area contributed by atoms with E-state index in [0.717, 1.165) is 23.5 Å². The van der Waals surface area contributed by atoms with Gasteiger partial charge in [-0.05, 0) is 25.0 Å². The maximum absolute atomic E-state index is 5.58. The van der Waals surface area contributed by atoms with Crippen molar-refractivity contribution in [1.82, 2.24) is 0 Å². The summed E-state index contributed by atoms with van der Waals surface area (Å²) >= 11 is 0. The van der Waals surface area contributed by atoms with E-state index >= 15 is 0 Å². The molecule has 0 aliphatic rings. The summed E-state index contributed by atoms with van der Waals surface area (Å²) in [6.07, 6.45) is 4.38. The maximum atomic E-state index is 5.58. The van der Waals surface area contributed by atoms with Gasteiger partial charge in [0, 0.05) is 6.07 Å². The number of ether oxygens (including phenoxy) is 2. The fraction of sp³-hybridized carbons (Fsp3) is 0.286. The van der Waals surface area contributed by atoms with Gasteiger partial charge in [-0.2, -0.15) is 0 Å². The van der Waals surface area contributed by atoms with Crippen molar-refractivity contribution in [2.45, 2.75) is 13.3 Å². The summed E-state index contributed by atoms with van der Waals surface area (Å²) in [5.41, 5.74) is 1.11. The van der Waals surface area contributed by atoms with Crippen LogP contribution in [0.2, 0.25) is 0 Å². The minimum Gasteiger partial charge on any atom is -0.494 e. The van der Waals surface area contributed by atoms with Crippen LogP contribution in [0, 0.1) is 0 Å². The van der Waals surface area contributed by atoms with Crippen molar-refractivity contribution in [1.29, 1.82) is 0 Å². The molecular formula is C14H18O2. The number of hydrogen-bond acceptors (Lipinski definition) is 2. The molecule has 0 fully saturated rings. The fourth-order valence-corrected chi connectivity index (χ4v) is 1.40. The largest absolute Gasteiger partial charge is 0.494 e. The lowest BCUT2D eigenvalue weighted by Gasteiger charge is -2.11. The van der Waals surface area contributed by atoms with Crippen LogP contribution in [-0.2, 0) is 6.42 Å². The van der Waals surface area contributed by atoms with Crippen LogP contribution < -0.4 is 9.47 Å². The van der Waals surface area contributed by atoms with Crippen LogP contribution in [-0.4, -0.2) is 13.2 Å². The lowest BCUT2D eigenvalue weighted by molar-refractivity contribution is 0.329. The molecule has 86 valence electrons. The van der Waals surface area contributed by atoms with Crippen LogP contribution in [0.1, 0.15) is 12.5 Å². The van der Waals surface area contributed by atoms with Crippen LogP contribution in [0.4, 0.5) is 0 Å². The van der Waals surface area contributed by atoms with Gasteiger partial charge in [0.05, 0.1) is 6.61 Å². The number of benzene rings is 1. The zero-order valence-electron chi connectivity index (χ0n) is 9.74. The Bertz CT molecular complexity index is 356. The van der Waals surface area contributed by atoms with Crippen molar-refractivity contribution in [3.8, 4) is 11.5 Å². The Labute approximate surface area is 97.2 Å². The third-order valence-corrected chi connectivity index (χ3v) is 2.07. The molecule has 1 aromatic rings. The third-order valence-electron chi connectivity index (χ3n) is 2.07. The second-order valence-electron chi connectivity index (χ2n) is 3.30. The molecule has 0 aliphatic heterocycles. The Morgan fingerprint density at radius 3 is 2.62 bits per heavy atom. The van der Waals surface area contributed by atoms with Gasteiger partial charge in [-0.1, -0.05) is 24.8 Å². The topological polar surface area (TPSA) is 18.5 Å². The lowest BCUT2D eigenvalue weighted by Crippen LogP contribution is -1.99. The van der Waals surface area contributed by atoms with Crippen LogP contribution in [0.25, 0.3) is 0 Å². The monoisotopic (exact) mass is 218 g/mol. The highest BCUT2D eigenvalue weighted by Crippen LogP contribution is 2.25. The van der Waals surface area contributed by atoms with Crippen molar-refractivity contribution >= 4 is 0 Å². The maximum Gasteiger partial charge on any atom is 0.126 e. The van der Waals surface area contributed by atoms with E-state index in [1.54, 1.807) is 6.08 Å². The first kappa shape index (κ1) is 12.4. The Morgan fingerprint density at radius 1 is 1.19 bits per heavy atom. The molecule has 0 spiro atoms. The zero-order chi connectivity index (χ0) is 11.8. The van der Waals surface area contributed by atoms with E-state index in [-0.39, 0.29) is 0 Å². The van der Waals surface area contributed by atoms with Gasteiger partial charge >= 0.3 is 0 Å². The fourth-order valence-electron chi connectivity index (χ4n) is 1.40. The minimum absolute atomic E-state index is 0.500. The Kier molecular flexibility index (Phi) is 5.20. The van der Waals surface area contributed by atoms with E-state index in [0.29, 0.717) is 13.2 Å². The number of hydrogen-bond donors (Lipinski definition) is 0. The van der Waals surface area contributed by atoms with E-state index in [9.17, 15) is 0 Å². The second kappa shape index (κ2) is 6.72. The summed E-state index contributed by atoms with van der Waals surface area (Å²) in [5, 5.41) is 0. The molecule has 0 N–H and O–H groups in total. The molecule has 0 aromatic heterocycles. The molecule has 2 nitrogen and oxygen atoms in total. The number of rotatable bonds is 7. The summed E-state index contributed by atoms with van der Waals surface area (Å²) in [5.74, 6) is 1.67. The lowest BCUT2D eigenvalue weighted by atomic mass is 10.1. The first-order valence-electron chi connectivity index (χ1n) is 5.42. The average molecular weight is 218 g/mol. The first-order valence-corrected chi connectivity index (χ1v) is 5.42. The van der Waals surface area contributed by atoms with Gasteiger partial charge in [-0.15, -0.1) is 6.58 Å². The van der Waals surface area contributed by atoms with Gasteiger partial charge in [-0.3, -0.25) is 0 Å². The van der Waals surface area contributed by atoms with Gasteiger partial charge in [0.1, 0.15) is 18.1 Å². The van der Waals surface area contributed by atoms with Gasteiger partial charge in [-0.25, -0.2) is 0 Å². The molecule has 1 aromatic carbocycles. The highest BCUT2D eigenvalue weighted by atomic mass is 16.5. The summed E-state index contributed by atoms with van der Waals surface area (Å²) in [6.45, 7) is 10.5. The van der Waals surface area contributed by atoms with Gasteiger partial charge < -0.3 is 9.47 Å². The molecule has 0 unspecified atom stereocenters. The third kappa shape index (κ3) is 3.46. The quantitative estimate of drug-likeness (QED) is 0.653. The van der Waals surface area contributed by atoms with Gasteiger partial charge in [0.2, 0.25) is 0 Å². The van der Waals surface area contributed by atoms with Crippen LogP contribution >= 0.6 is 0 Å². The van der Waals surface area contributed by atoms with E-state index in [1.165, 1.54) is 0 Å². The Hall–Kier alpha value is -1.70. The van der Waals surface area contributed by atoms with E-state index < -0.39 is 0 Å². The van der Waals surface area contributed by atoms with Crippen molar-refractivity contribution in [2.24, 2.45) is 0 Å². The molecule has 0 aliphatic carbocycles. The van der Waals surface area contributed by atoms with Crippen molar-refractivity contribution in [3.05, 3.63) is 49.1 Å². The molecular weight excluding hydrogens is 200 g/mol. The van der Waals surface area contributed by atoms with E-state index in [4.69, 9.17) is 9.47 Å². The van der Waals surface area contributed by atoms with Gasteiger partial charge in [0.25, 0.3) is 0 Å². The smallest absolute Gasteiger partial charge is 0.126 e. The Morgan fingerprint density at radius 2 is 2.00 bits per heavy atom. The molecule has 2 heteroatoms. The SMILES string of the molecule is C=CCOc1cc(OCC)ccc1CC=C. The first-order chi connectivity index (χ1) is 7.81. The molecule has 16 heavy (non-hydrogen) atoms. The highest BCUT2D eigenvalue weighted by Gasteiger charge is 2.04. The number of allylic oxidation sites excluding steroid dienone is 1. The molecule has 0 atom stereocenters. The molecule has 1 rings (SSSR count). The normalized spacial score (nSPS) is 9.56. The highest BCUT2D eigenvalue weighted by molar-refractivity contribution is 5.41. The molecule has 0 radical (unpaired) electrons. The van der Waals surface area contributed by atoms with E-state index in [2.05, 4.69) is 13.2 Å².